The van der Waals surface area contributed by atoms with Crippen molar-refractivity contribution < 1.29 is 9.59 Å². The molecule has 6 heteroatoms. The summed E-state index contributed by atoms with van der Waals surface area (Å²) in [5.74, 6) is 0.379. The number of carbonyl (C=O) groups is 2. The van der Waals surface area contributed by atoms with Gasteiger partial charge in [0.25, 0.3) is 0 Å². The molecule has 0 bridgehead atoms. The first-order chi connectivity index (χ1) is 10.5. The Morgan fingerprint density at radius 1 is 1.32 bits per heavy atom. The quantitative estimate of drug-likeness (QED) is 0.827. The second-order valence-corrected chi connectivity index (χ2v) is 6.49. The maximum Gasteiger partial charge on any atom is 0.314 e. The third-order valence-electron chi connectivity index (χ3n) is 4.74. The van der Waals surface area contributed by atoms with Crippen molar-refractivity contribution in [3.05, 3.63) is 6.42 Å². The Balaban J connectivity index is 1.84. The van der Waals surface area contributed by atoms with Gasteiger partial charge in [-0.15, -0.1) is 0 Å². The summed E-state index contributed by atoms with van der Waals surface area (Å²) in [7, 11) is 0. The Morgan fingerprint density at radius 3 is 2.68 bits per heavy atom. The number of likely N-dealkylation sites (tertiary alicyclic amines) is 1. The number of carbonyl (C=O) groups excluding carboxylic acids is 2. The number of nitrogens with one attached hydrogen (secondary N) is 1. The van der Waals surface area contributed by atoms with Crippen LogP contribution in [-0.4, -0.2) is 35.5 Å². The van der Waals surface area contributed by atoms with Gasteiger partial charge in [-0.2, -0.15) is 5.26 Å². The van der Waals surface area contributed by atoms with Gasteiger partial charge in [-0.3, -0.25) is 4.79 Å². The Hall–Kier alpha value is -1.77. The van der Waals surface area contributed by atoms with Crippen molar-refractivity contribution >= 4 is 11.9 Å². The number of primary amides is 1. The minimum atomic E-state index is -1.01. The summed E-state index contributed by atoms with van der Waals surface area (Å²) in [6.45, 7) is 0.711. The fourth-order valence-corrected chi connectivity index (χ4v) is 3.45. The number of nitrogens with two attached hydrogens (primary N) is 1. The molecular weight excluding hydrogens is 280 g/mol. The summed E-state index contributed by atoms with van der Waals surface area (Å²) in [5.41, 5.74) is 4.28. The van der Waals surface area contributed by atoms with Gasteiger partial charge in [0.1, 0.15) is 5.54 Å². The summed E-state index contributed by atoms with van der Waals surface area (Å²) in [4.78, 5) is 24.9. The zero-order valence-corrected chi connectivity index (χ0v) is 13.0. The normalized spacial score (nSPS) is 26.2. The summed E-state index contributed by atoms with van der Waals surface area (Å²) < 4.78 is 0. The molecule has 0 aromatic heterocycles. The third kappa shape index (κ3) is 4.36. The molecule has 0 aromatic rings. The van der Waals surface area contributed by atoms with Gasteiger partial charge >= 0.3 is 6.03 Å². The number of nitriles is 1. The van der Waals surface area contributed by atoms with E-state index >= 15 is 0 Å². The largest absolute Gasteiger partial charge is 0.351 e. The molecule has 1 atom stereocenters. The molecule has 2 aliphatic rings. The van der Waals surface area contributed by atoms with Crippen LogP contribution in [0.3, 0.4) is 0 Å². The van der Waals surface area contributed by atoms with E-state index in [1.165, 1.54) is 37.0 Å². The molecule has 2 rings (SSSR count). The van der Waals surface area contributed by atoms with E-state index in [-0.39, 0.29) is 12.5 Å². The van der Waals surface area contributed by atoms with Gasteiger partial charge < -0.3 is 16.0 Å². The number of hydrogen-bond donors (Lipinski definition) is 2. The van der Waals surface area contributed by atoms with Crippen LogP contribution in [0.4, 0.5) is 4.79 Å². The molecule has 0 spiro atoms. The van der Waals surface area contributed by atoms with Crippen LogP contribution in [0.15, 0.2) is 0 Å². The summed E-state index contributed by atoms with van der Waals surface area (Å²) >= 11 is 0. The van der Waals surface area contributed by atoms with Crippen molar-refractivity contribution in [2.45, 2.75) is 56.9 Å². The zero-order valence-electron chi connectivity index (χ0n) is 13.0. The molecule has 3 N–H and O–H groups in total. The monoisotopic (exact) mass is 305 g/mol. The highest BCUT2D eigenvalue weighted by Crippen LogP contribution is 2.27. The second-order valence-electron chi connectivity index (χ2n) is 6.49. The fourth-order valence-electron chi connectivity index (χ4n) is 3.45. The Bertz CT molecular complexity index is 454. The highest BCUT2D eigenvalue weighted by Gasteiger charge is 2.38. The fraction of sp³-hybridized carbons (Fsp3) is 0.750. The van der Waals surface area contributed by atoms with Gasteiger partial charge in [-0.05, 0) is 25.2 Å². The zero-order chi connectivity index (χ0) is 16.0. The van der Waals surface area contributed by atoms with Gasteiger partial charge in [0.2, 0.25) is 5.91 Å². The lowest BCUT2D eigenvalue weighted by Gasteiger charge is -2.38. The first-order valence-electron chi connectivity index (χ1n) is 8.16. The van der Waals surface area contributed by atoms with E-state index in [4.69, 9.17) is 5.73 Å². The van der Waals surface area contributed by atoms with Crippen molar-refractivity contribution in [3.63, 3.8) is 0 Å². The molecule has 6 nitrogen and oxygen atoms in total. The number of nitrogens with zero attached hydrogens (tertiary/aromatic N) is 2. The summed E-state index contributed by atoms with van der Waals surface area (Å²) in [6.07, 6.45) is 9.81. The van der Waals surface area contributed by atoms with Crippen molar-refractivity contribution in [2.24, 2.45) is 11.7 Å². The van der Waals surface area contributed by atoms with Crippen LogP contribution in [0.5, 0.6) is 0 Å². The molecule has 1 saturated carbocycles. The molecule has 22 heavy (non-hydrogen) atoms. The van der Waals surface area contributed by atoms with E-state index < -0.39 is 11.6 Å². The lowest BCUT2D eigenvalue weighted by molar-refractivity contribution is -0.119. The van der Waals surface area contributed by atoms with Crippen LogP contribution in [0.2, 0.25) is 0 Å². The van der Waals surface area contributed by atoms with Crippen molar-refractivity contribution in [1.29, 1.82) is 5.26 Å². The topological polar surface area (TPSA) is 99.2 Å². The van der Waals surface area contributed by atoms with Crippen LogP contribution < -0.4 is 11.1 Å². The molecule has 1 unspecified atom stereocenters. The summed E-state index contributed by atoms with van der Waals surface area (Å²) in [5, 5.41) is 12.3. The molecule has 3 amide bonds. The Kier molecular flexibility index (Phi) is 5.64. The second kappa shape index (κ2) is 7.48. The number of rotatable bonds is 4. The van der Waals surface area contributed by atoms with Crippen LogP contribution in [0.25, 0.3) is 0 Å². The maximum absolute atomic E-state index is 12.1. The predicted octanol–water partition coefficient (Wildman–Crippen LogP) is 1.71. The Morgan fingerprint density at radius 2 is 2.05 bits per heavy atom. The lowest BCUT2D eigenvalue weighted by Crippen LogP contribution is -2.59. The van der Waals surface area contributed by atoms with Crippen LogP contribution in [0.1, 0.15) is 51.4 Å². The van der Waals surface area contributed by atoms with Gasteiger partial charge in [0.15, 0.2) is 0 Å². The molecule has 2 fully saturated rings. The number of hydrogen-bond acceptors (Lipinski definition) is 3. The molecule has 1 heterocycles. The average Bonchev–Trinajstić information content (AvgIpc) is 2.54. The third-order valence-corrected chi connectivity index (χ3v) is 4.74. The van der Waals surface area contributed by atoms with E-state index in [1.54, 1.807) is 6.42 Å². The first-order valence-corrected chi connectivity index (χ1v) is 8.16. The molecule has 121 valence electrons. The molecule has 0 aromatic carbocycles. The van der Waals surface area contributed by atoms with Crippen molar-refractivity contribution in [3.8, 4) is 6.07 Å². The highest BCUT2D eigenvalue weighted by molar-refractivity contribution is 5.85. The number of piperidine rings is 1. The number of urea groups is 1. The van der Waals surface area contributed by atoms with Crippen LogP contribution in [-0.2, 0) is 4.79 Å². The van der Waals surface area contributed by atoms with Crippen LogP contribution >= 0.6 is 0 Å². The maximum atomic E-state index is 12.1. The average molecular weight is 305 g/mol. The molecule has 1 aliphatic heterocycles. The van der Waals surface area contributed by atoms with Gasteiger partial charge in [0.05, 0.1) is 12.6 Å². The molecular formula is C16H25N4O2. The van der Waals surface area contributed by atoms with Crippen molar-refractivity contribution in [2.75, 3.05) is 13.1 Å². The minimum absolute atomic E-state index is 0.168. The minimum Gasteiger partial charge on any atom is -0.351 e. The Labute approximate surface area is 132 Å². The van der Waals surface area contributed by atoms with Gasteiger partial charge in [0, 0.05) is 13.0 Å². The van der Waals surface area contributed by atoms with E-state index in [2.05, 4.69) is 11.4 Å². The first kappa shape index (κ1) is 16.6. The molecule has 1 saturated heterocycles. The van der Waals surface area contributed by atoms with E-state index in [1.807, 2.05) is 0 Å². The van der Waals surface area contributed by atoms with Crippen molar-refractivity contribution in [1.82, 2.24) is 10.2 Å². The van der Waals surface area contributed by atoms with Gasteiger partial charge in [-0.25, -0.2) is 4.79 Å². The predicted molar refractivity (Wildman–Crippen MR) is 82.4 cm³/mol. The SMILES string of the molecule is N#CC1(NC(=O)[CH]CC2CCCCC2)CCCN(C(N)=O)C1. The molecule has 1 aliphatic carbocycles. The smallest absolute Gasteiger partial charge is 0.314 e. The van der Waals surface area contributed by atoms with E-state index in [0.717, 1.165) is 6.42 Å². The standard InChI is InChI=1S/C16H25N4O2/c17-11-16(9-4-10-20(12-16)15(18)22)19-14(21)8-7-13-5-2-1-3-6-13/h8,13H,1-7,9-10,12H2,(H2,18,22)(H,19,21). The molecule has 1 radical (unpaired) electrons. The highest BCUT2D eigenvalue weighted by atomic mass is 16.2. The van der Waals surface area contributed by atoms with E-state index in [0.29, 0.717) is 25.3 Å². The number of amides is 3. The van der Waals surface area contributed by atoms with Crippen LogP contribution in [0, 0.1) is 23.7 Å². The van der Waals surface area contributed by atoms with Gasteiger partial charge in [-0.1, -0.05) is 32.1 Å². The summed E-state index contributed by atoms with van der Waals surface area (Å²) in [6, 6.07) is 1.63. The van der Waals surface area contributed by atoms with E-state index in [9.17, 15) is 14.9 Å². The lowest BCUT2D eigenvalue weighted by atomic mass is 9.85.